The molecule has 0 spiro atoms. The van der Waals surface area contributed by atoms with Gasteiger partial charge in [0.1, 0.15) is 6.04 Å². The summed E-state index contributed by atoms with van der Waals surface area (Å²) < 4.78 is 0. The molecular formula is C15H18N4O2. The Hall–Kier alpha value is -2.55. The highest BCUT2D eigenvalue weighted by Gasteiger charge is 2.24. The van der Waals surface area contributed by atoms with Crippen LogP contribution in [0.2, 0.25) is 0 Å². The van der Waals surface area contributed by atoms with E-state index in [1.54, 1.807) is 19.1 Å². The highest BCUT2D eigenvalue weighted by Crippen LogP contribution is 2.18. The van der Waals surface area contributed by atoms with Gasteiger partial charge in [0.05, 0.1) is 12.5 Å². The van der Waals surface area contributed by atoms with Crippen molar-refractivity contribution in [2.24, 2.45) is 0 Å². The van der Waals surface area contributed by atoms with Gasteiger partial charge < -0.3 is 10.6 Å². The monoisotopic (exact) mass is 286 g/mol. The largest absolute Gasteiger partial charge is 0.374 e. The van der Waals surface area contributed by atoms with Gasteiger partial charge in [-0.25, -0.2) is 4.79 Å². The van der Waals surface area contributed by atoms with E-state index in [2.05, 4.69) is 22.0 Å². The molecule has 1 aromatic rings. The quantitative estimate of drug-likeness (QED) is 0.765. The number of nitrogens with zero attached hydrogens (tertiary/aromatic N) is 1. The van der Waals surface area contributed by atoms with Crippen molar-refractivity contribution in [2.75, 3.05) is 5.32 Å². The van der Waals surface area contributed by atoms with Gasteiger partial charge in [-0.2, -0.15) is 5.26 Å². The van der Waals surface area contributed by atoms with Crippen LogP contribution in [0.3, 0.4) is 0 Å². The number of urea groups is 1. The van der Waals surface area contributed by atoms with Crippen LogP contribution < -0.4 is 16.0 Å². The summed E-state index contributed by atoms with van der Waals surface area (Å²) in [4.78, 5) is 23.3. The summed E-state index contributed by atoms with van der Waals surface area (Å²) >= 11 is 0. The first-order valence-electron chi connectivity index (χ1n) is 6.92. The van der Waals surface area contributed by atoms with E-state index in [4.69, 9.17) is 5.26 Å². The highest BCUT2D eigenvalue weighted by atomic mass is 16.2. The topological polar surface area (TPSA) is 94.0 Å². The first-order chi connectivity index (χ1) is 10.1. The lowest BCUT2D eigenvalue weighted by Crippen LogP contribution is -2.46. The Morgan fingerprint density at radius 2 is 2.00 bits per heavy atom. The molecule has 0 bridgehead atoms. The molecule has 21 heavy (non-hydrogen) atoms. The van der Waals surface area contributed by atoms with Crippen LogP contribution in [0.15, 0.2) is 24.3 Å². The fourth-order valence-electron chi connectivity index (χ4n) is 1.79. The minimum atomic E-state index is -0.531. The lowest BCUT2D eigenvalue weighted by Gasteiger charge is -2.15. The molecular weight excluding hydrogens is 268 g/mol. The van der Waals surface area contributed by atoms with E-state index >= 15 is 0 Å². The van der Waals surface area contributed by atoms with Crippen molar-refractivity contribution in [1.29, 1.82) is 5.26 Å². The number of nitriles is 1. The zero-order chi connectivity index (χ0) is 15.2. The molecule has 0 heterocycles. The average Bonchev–Trinajstić information content (AvgIpc) is 3.25. The second-order valence-corrected chi connectivity index (χ2v) is 5.13. The summed E-state index contributed by atoms with van der Waals surface area (Å²) in [5.74, 6) is -0.380. The van der Waals surface area contributed by atoms with E-state index in [0.717, 1.165) is 24.1 Å². The van der Waals surface area contributed by atoms with E-state index in [9.17, 15) is 9.59 Å². The predicted molar refractivity (Wildman–Crippen MR) is 78.5 cm³/mol. The number of imide groups is 1. The van der Waals surface area contributed by atoms with E-state index in [1.165, 1.54) is 0 Å². The Bertz CT molecular complexity index is 558. The maximum Gasteiger partial charge on any atom is 0.321 e. The van der Waals surface area contributed by atoms with Crippen molar-refractivity contribution in [2.45, 2.75) is 38.3 Å². The second-order valence-electron chi connectivity index (χ2n) is 5.13. The Kier molecular flexibility index (Phi) is 4.77. The van der Waals surface area contributed by atoms with Crippen LogP contribution in [0, 0.1) is 11.3 Å². The van der Waals surface area contributed by atoms with Crippen molar-refractivity contribution < 1.29 is 9.59 Å². The molecule has 0 aromatic heterocycles. The van der Waals surface area contributed by atoms with E-state index in [0.29, 0.717) is 6.42 Å². The van der Waals surface area contributed by atoms with Gasteiger partial charge in [0.2, 0.25) is 5.91 Å². The van der Waals surface area contributed by atoms with Crippen LogP contribution in [0.4, 0.5) is 10.5 Å². The average molecular weight is 286 g/mol. The Balaban J connectivity index is 1.81. The van der Waals surface area contributed by atoms with Crippen LogP contribution in [-0.4, -0.2) is 24.0 Å². The van der Waals surface area contributed by atoms with Gasteiger partial charge in [-0.05, 0) is 37.5 Å². The lowest BCUT2D eigenvalue weighted by molar-refractivity contribution is -0.120. The number of hydrogen-bond acceptors (Lipinski definition) is 4. The minimum absolute atomic E-state index is 0.216. The maximum absolute atomic E-state index is 11.9. The van der Waals surface area contributed by atoms with Gasteiger partial charge in [-0.15, -0.1) is 0 Å². The summed E-state index contributed by atoms with van der Waals surface area (Å²) in [6, 6.07) is 8.59. The Morgan fingerprint density at radius 3 is 2.57 bits per heavy atom. The number of carbonyl (C=O) groups excluding carboxylic acids is 2. The van der Waals surface area contributed by atoms with E-state index in [-0.39, 0.29) is 11.9 Å². The van der Waals surface area contributed by atoms with Crippen LogP contribution in [-0.2, 0) is 11.2 Å². The standard InChI is InChI=1S/C15H18N4O2/c1-10(14(20)19-15(21)18-13-6-7-13)17-12-4-2-11(3-5-12)8-9-16/h2-5,10,13,17H,6-8H2,1H3,(H2,18,19,20,21). The van der Waals surface area contributed by atoms with Crippen LogP contribution >= 0.6 is 0 Å². The molecule has 1 unspecified atom stereocenters. The van der Waals surface area contributed by atoms with Gasteiger partial charge in [-0.3, -0.25) is 10.1 Å². The van der Waals surface area contributed by atoms with Crippen molar-refractivity contribution in [3.05, 3.63) is 29.8 Å². The van der Waals surface area contributed by atoms with Gasteiger partial charge in [0.15, 0.2) is 0 Å². The number of rotatable bonds is 5. The fourth-order valence-corrected chi connectivity index (χ4v) is 1.79. The fraction of sp³-hybridized carbons (Fsp3) is 0.400. The first-order valence-corrected chi connectivity index (χ1v) is 6.92. The third-order valence-corrected chi connectivity index (χ3v) is 3.16. The van der Waals surface area contributed by atoms with Gasteiger partial charge >= 0.3 is 6.03 Å². The third kappa shape index (κ3) is 4.80. The zero-order valence-corrected chi connectivity index (χ0v) is 11.8. The van der Waals surface area contributed by atoms with Crippen LogP contribution in [0.1, 0.15) is 25.3 Å². The second kappa shape index (κ2) is 6.75. The molecule has 0 aliphatic heterocycles. The number of amides is 3. The van der Waals surface area contributed by atoms with Crippen LogP contribution in [0.25, 0.3) is 0 Å². The molecule has 1 fully saturated rings. The van der Waals surface area contributed by atoms with Crippen molar-refractivity contribution >= 4 is 17.6 Å². The third-order valence-electron chi connectivity index (χ3n) is 3.16. The van der Waals surface area contributed by atoms with Gasteiger partial charge in [-0.1, -0.05) is 12.1 Å². The van der Waals surface area contributed by atoms with Crippen molar-refractivity contribution in [3.8, 4) is 6.07 Å². The predicted octanol–water partition coefficient (Wildman–Crippen LogP) is 1.54. The summed E-state index contributed by atoms with van der Waals surface area (Å²) in [5.41, 5.74) is 1.69. The molecule has 1 aromatic carbocycles. The van der Waals surface area contributed by atoms with E-state index in [1.807, 2.05) is 12.1 Å². The van der Waals surface area contributed by atoms with Crippen molar-refractivity contribution in [3.63, 3.8) is 0 Å². The van der Waals surface area contributed by atoms with Gasteiger partial charge in [0.25, 0.3) is 0 Å². The SMILES string of the molecule is CC(Nc1ccc(CC#N)cc1)C(=O)NC(=O)NC1CC1. The zero-order valence-electron chi connectivity index (χ0n) is 11.8. The maximum atomic E-state index is 11.9. The summed E-state index contributed by atoms with van der Waals surface area (Å²) in [5, 5.41) is 16.6. The molecule has 3 N–H and O–H groups in total. The number of nitrogens with one attached hydrogen (secondary N) is 3. The highest BCUT2D eigenvalue weighted by molar-refractivity contribution is 5.98. The number of hydrogen-bond donors (Lipinski definition) is 3. The molecule has 110 valence electrons. The van der Waals surface area contributed by atoms with Crippen molar-refractivity contribution in [1.82, 2.24) is 10.6 Å². The molecule has 3 amide bonds. The smallest absolute Gasteiger partial charge is 0.321 e. The first kappa shape index (κ1) is 14.9. The van der Waals surface area contributed by atoms with Crippen LogP contribution in [0.5, 0.6) is 0 Å². The molecule has 1 saturated carbocycles. The molecule has 6 heteroatoms. The number of anilines is 1. The molecule has 6 nitrogen and oxygen atoms in total. The molecule has 0 radical (unpaired) electrons. The summed E-state index contributed by atoms with van der Waals surface area (Å²) in [6.07, 6.45) is 2.31. The number of carbonyl (C=O) groups is 2. The molecule has 1 aliphatic carbocycles. The normalized spacial score (nSPS) is 14.7. The van der Waals surface area contributed by atoms with E-state index < -0.39 is 12.1 Å². The lowest BCUT2D eigenvalue weighted by atomic mass is 10.1. The summed E-state index contributed by atoms with van der Waals surface area (Å²) in [7, 11) is 0. The molecule has 0 saturated heterocycles. The Labute approximate surface area is 123 Å². The molecule has 1 atom stereocenters. The molecule has 1 aliphatic rings. The van der Waals surface area contributed by atoms with Gasteiger partial charge in [0, 0.05) is 11.7 Å². The number of benzene rings is 1. The Morgan fingerprint density at radius 1 is 1.33 bits per heavy atom. The molecule has 2 rings (SSSR count). The summed E-state index contributed by atoms with van der Waals surface area (Å²) in [6.45, 7) is 1.68. The minimum Gasteiger partial charge on any atom is -0.374 e.